The fraction of sp³-hybridized carbons (Fsp3) is 0.333. The van der Waals surface area contributed by atoms with Crippen molar-refractivity contribution in [3.05, 3.63) is 41.7 Å². The third-order valence-corrected chi connectivity index (χ3v) is 2.73. The lowest BCUT2D eigenvalue weighted by Crippen LogP contribution is -2.02. The molecule has 0 spiro atoms. The predicted octanol–water partition coefficient (Wildman–Crippen LogP) is 3.81. The van der Waals surface area contributed by atoms with Crippen LogP contribution >= 0.6 is 0 Å². The largest absolute Gasteiger partial charge is 0.467 e. The number of nitrogens with one attached hydrogen (secondary N) is 2. The van der Waals surface area contributed by atoms with Gasteiger partial charge in [0.1, 0.15) is 17.1 Å². The second-order valence-corrected chi connectivity index (χ2v) is 4.26. The van der Waals surface area contributed by atoms with Crippen molar-refractivity contribution >= 4 is 16.9 Å². The number of furan rings is 1. The van der Waals surface area contributed by atoms with Crippen LogP contribution in [0.3, 0.4) is 0 Å². The number of hydrogen-bond acceptors (Lipinski definition) is 4. The molecule has 20 heavy (non-hydrogen) atoms. The molecule has 0 amide bonds. The molecule has 0 saturated heterocycles. The number of aryl methyl sites for hydroxylation is 2. The molecule has 0 aliphatic heterocycles. The Morgan fingerprint density at radius 3 is 2.75 bits per heavy atom. The molecule has 0 atom stereocenters. The Hall–Kier alpha value is -2.30. The summed E-state index contributed by atoms with van der Waals surface area (Å²) in [5, 5.41) is 3.26. The van der Waals surface area contributed by atoms with Gasteiger partial charge in [0.05, 0.1) is 18.3 Å². The summed E-state index contributed by atoms with van der Waals surface area (Å²) in [6.45, 7) is 8.50. The van der Waals surface area contributed by atoms with Crippen molar-refractivity contribution in [2.45, 2.75) is 34.2 Å². The minimum atomic E-state index is 0.602. The van der Waals surface area contributed by atoms with Gasteiger partial charge in [-0.2, -0.15) is 0 Å². The van der Waals surface area contributed by atoms with Gasteiger partial charge >= 0.3 is 0 Å². The third kappa shape index (κ3) is 2.99. The molecule has 0 radical (unpaired) electrons. The lowest BCUT2D eigenvalue weighted by Gasteiger charge is -2.05. The quantitative estimate of drug-likeness (QED) is 0.761. The zero-order chi connectivity index (χ0) is 14.5. The topological polar surface area (TPSA) is 66.7 Å². The zero-order valence-corrected chi connectivity index (χ0v) is 12.3. The first-order valence-electron chi connectivity index (χ1n) is 6.82. The van der Waals surface area contributed by atoms with Crippen molar-refractivity contribution in [2.24, 2.45) is 0 Å². The third-order valence-electron chi connectivity index (χ3n) is 2.73. The standard InChI is InChI=1S/C13H14N4O.C2H6/c1-8-6-11-12(17-9(2)16-11)13(15-8)14-7-10-4-3-5-18-10;1-2/h3-6H,7H2,1-2H3,(H,14,15)(H,16,17);1-2H3. The van der Waals surface area contributed by atoms with Crippen molar-refractivity contribution in [3.8, 4) is 0 Å². The van der Waals surface area contributed by atoms with Crippen LogP contribution in [-0.2, 0) is 6.54 Å². The predicted molar refractivity (Wildman–Crippen MR) is 80.7 cm³/mol. The molecule has 3 heterocycles. The highest BCUT2D eigenvalue weighted by atomic mass is 16.3. The van der Waals surface area contributed by atoms with E-state index in [0.29, 0.717) is 6.54 Å². The average molecular weight is 272 g/mol. The molecular formula is C15H20N4O. The van der Waals surface area contributed by atoms with Gasteiger partial charge in [0.25, 0.3) is 0 Å². The Morgan fingerprint density at radius 2 is 2.05 bits per heavy atom. The first kappa shape index (κ1) is 14.1. The monoisotopic (exact) mass is 272 g/mol. The van der Waals surface area contributed by atoms with Gasteiger partial charge in [-0.1, -0.05) is 13.8 Å². The SMILES string of the molecule is CC.Cc1cc2[nH]c(C)nc2c(NCc2ccco2)n1. The summed E-state index contributed by atoms with van der Waals surface area (Å²) in [6, 6.07) is 5.79. The molecule has 2 N–H and O–H groups in total. The molecule has 3 rings (SSSR count). The van der Waals surface area contributed by atoms with Gasteiger partial charge in [0.15, 0.2) is 5.82 Å². The van der Waals surface area contributed by atoms with Gasteiger partial charge in [0.2, 0.25) is 0 Å². The van der Waals surface area contributed by atoms with Gasteiger partial charge in [-0.3, -0.25) is 0 Å². The van der Waals surface area contributed by atoms with E-state index in [1.165, 1.54) is 0 Å². The smallest absolute Gasteiger partial charge is 0.154 e. The van der Waals surface area contributed by atoms with Crippen LogP contribution in [0.2, 0.25) is 0 Å². The summed E-state index contributed by atoms with van der Waals surface area (Å²) in [4.78, 5) is 12.1. The molecular weight excluding hydrogens is 252 g/mol. The zero-order valence-electron chi connectivity index (χ0n) is 12.3. The van der Waals surface area contributed by atoms with Gasteiger partial charge in [-0.25, -0.2) is 9.97 Å². The Balaban J connectivity index is 0.000000704. The summed E-state index contributed by atoms with van der Waals surface area (Å²) in [5.74, 6) is 2.54. The molecule has 0 saturated carbocycles. The number of aromatic nitrogens is 3. The second-order valence-electron chi connectivity index (χ2n) is 4.26. The maximum absolute atomic E-state index is 5.28. The van der Waals surface area contributed by atoms with Crippen molar-refractivity contribution in [2.75, 3.05) is 5.32 Å². The molecule has 0 aliphatic carbocycles. The minimum absolute atomic E-state index is 0.602. The lowest BCUT2D eigenvalue weighted by atomic mass is 10.3. The van der Waals surface area contributed by atoms with E-state index in [-0.39, 0.29) is 0 Å². The number of aromatic amines is 1. The maximum Gasteiger partial charge on any atom is 0.154 e. The van der Waals surface area contributed by atoms with E-state index in [9.17, 15) is 0 Å². The number of rotatable bonds is 3. The fourth-order valence-corrected chi connectivity index (χ4v) is 1.97. The number of nitrogens with zero attached hydrogens (tertiary/aromatic N) is 2. The molecule has 0 bridgehead atoms. The van der Waals surface area contributed by atoms with Crippen LogP contribution in [0, 0.1) is 13.8 Å². The van der Waals surface area contributed by atoms with Gasteiger partial charge in [-0.15, -0.1) is 0 Å². The summed E-state index contributed by atoms with van der Waals surface area (Å²) < 4.78 is 5.28. The van der Waals surface area contributed by atoms with Crippen molar-refractivity contribution in [1.29, 1.82) is 0 Å². The fourth-order valence-electron chi connectivity index (χ4n) is 1.97. The average Bonchev–Trinajstić information content (AvgIpc) is 3.06. The maximum atomic E-state index is 5.28. The van der Waals surface area contributed by atoms with Crippen LogP contribution in [0.15, 0.2) is 28.9 Å². The molecule has 3 aromatic rings. The first-order chi connectivity index (χ1) is 9.72. The highest BCUT2D eigenvalue weighted by Crippen LogP contribution is 2.20. The van der Waals surface area contributed by atoms with E-state index in [0.717, 1.165) is 34.1 Å². The Bertz CT molecular complexity index is 671. The van der Waals surface area contributed by atoms with Crippen LogP contribution < -0.4 is 5.32 Å². The van der Waals surface area contributed by atoms with Gasteiger partial charge in [0, 0.05) is 5.69 Å². The molecule has 5 nitrogen and oxygen atoms in total. The Morgan fingerprint density at radius 1 is 1.25 bits per heavy atom. The first-order valence-corrected chi connectivity index (χ1v) is 6.82. The number of anilines is 1. The molecule has 5 heteroatoms. The highest BCUT2D eigenvalue weighted by Gasteiger charge is 2.08. The number of pyridine rings is 1. The second kappa shape index (κ2) is 6.23. The molecule has 0 aliphatic rings. The molecule has 0 fully saturated rings. The van der Waals surface area contributed by atoms with E-state index >= 15 is 0 Å². The summed E-state index contributed by atoms with van der Waals surface area (Å²) in [6.07, 6.45) is 1.66. The number of hydrogen-bond donors (Lipinski definition) is 2. The number of H-pyrrole nitrogens is 1. The highest BCUT2D eigenvalue weighted by molar-refractivity contribution is 5.86. The van der Waals surface area contributed by atoms with Crippen LogP contribution in [0.5, 0.6) is 0 Å². The summed E-state index contributed by atoms with van der Waals surface area (Å²) in [5.41, 5.74) is 2.82. The van der Waals surface area contributed by atoms with Crippen LogP contribution in [0.1, 0.15) is 31.1 Å². The van der Waals surface area contributed by atoms with Crippen molar-refractivity contribution in [3.63, 3.8) is 0 Å². The van der Waals surface area contributed by atoms with Crippen LogP contribution in [0.25, 0.3) is 11.0 Å². The Labute approximate surface area is 118 Å². The minimum Gasteiger partial charge on any atom is -0.467 e. The van der Waals surface area contributed by atoms with Crippen molar-refractivity contribution in [1.82, 2.24) is 15.0 Å². The van der Waals surface area contributed by atoms with Gasteiger partial charge in [-0.05, 0) is 32.0 Å². The normalized spacial score (nSPS) is 10.2. The Kier molecular flexibility index (Phi) is 4.40. The number of imidazole rings is 1. The summed E-state index contributed by atoms with van der Waals surface area (Å²) in [7, 11) is 0. The van der Waals surface area contributed by atoms with E-state index < -0.39 is 0 Å². The van der Waals surface area contributed by atoms with Crippen LogP contribution in [-0.4, -0.2) is 15.0 Å². The molecule has 106 valence electrons. The van der Waals surface area contributed by atoms with E-state index in [4.69, 9.17) is 4.42 Å². The molecule has 0 aromatic carbocycles. The molecule has 3 aromatic heterocycles. The number of fused-ring (bicyclic) bond motifs is 1. The molecule has 0 unspecified atom stereocenters. The summed E-state index contributed by atoms with van der Waals surface area (Å²) >= 11 is 0. The lowest BCUT2D eigenvalue weighted by molar-refractivity contribution is 0.518. The van der Waals surface area contributed by atoms with Gasteiger partial charge < -0.3 is 14.7 Å². The van der Waals surface area contributed by atoms with Crippen LogP contribution in [0.4, 0.5) is 5.82 Å². The van der Waals surface area contributed by atoms with Crippen molar-refractivity contribution < 1.29 is 4.42 Å². The van der Waals surface area contributed by atoms with E-state index in [2.05, 4.69) is 20.3 Å². The van der Waals surface area contributed by atoms with E-state index in [1.54, 1.807) is 6.26 Å². The van der Waals surface area contributed by atoms with E-state index in [1.807, 2.05) is 45.9 Å².